The van der Waals surface area contributed by atoms with Gasteiger partial charge in [0, 0.05) is 24.5 Å². The van der Waals surface area contributed by atoms with E-state index in [1.54, 1.807) is 11.3 Å². The molecule has 0 saturated heterocycles. The number of hydrogen-bond donors (Lipinski definition) is 1. The highest BCUT2D eigenvalue weighted by molar-refractivity contribution is 7.11. The molecule has 5 heteroatoms. The number of nitrogens with zero attached hydrogens (tertiary/aromatic N) is 3. The number of aryl methyl sites for hydroxylation is 4. The number of hydrogen-bond acceptors (Lipinski definition) is 4. The number of rotatable bonds is 4. The Morgan fingerprint density at radius 1 is 1.39 bits per heavy atom. The van der Waals surface area contributed by atoms with E-state index in [0.29, 0.717) is 6.04 Å². The highest BCUT2D eigenvalue weighted by Gasteiger charge is 2.13. The Balaban J connectivity index is 2.02. The maximum absolute atomic E-state index is 4.47. The first kappa shape index (κ1) is 13.2. The molecule has 0 aliphatic rings. The van der Waals surface area contributed by atoms with Crippen LogP contribution in [0.15, 0.2) is 6.07 Å². The predicted octanol–water partition coefficient (Wildman–Crippen LogP) is 2.65. The minimum absolute atomic E-state index is 0.325. The van der Waals surface area contributed by atoms with Crippen molar-refractivity contribution in [1.29, 1.82) is 0 Å². The molecule has 0 spiro atoms. The van der Waals surface area contributed by atoms with Crippen LogP contribution in [-0.4, -0.2) is 14.8 Å². The number of nitrogens with one attached hydrogen (secondary N) is 1. The summed E-state index contributed by atoms with van der Waals surface area (Å²) in [6, 6.07) is 2.44. The second-order valence-electron chi connectivity index (χ2n) is 4.69. The summed E-state index contributed by atoms with van der Waals surface area (Å²) >= 11 is 1.77. The summed E-state index contributed by atoms with van der Waals surface area (Å²) in [7, 11) is 1.98. The molecule has 98 valence electrons. The topological polar surface area (TPSA) is 42.7 Å². The zero-order valence-corrected chi connectivity index (χ0v) is 12.4. The second kappa shape index (κ2) is 5.20. The van der Waals surface area contributed by atoms with E-state index in [0.717, 1.165) is 22.9 Å². The Hall–Kier alpha value is -1.20. The third-order valence-corrected chi connectivity index (χ3v) is 4.28. The van der Waals surface area contributed by atoms with Gasteiger partial charge in [0.1, 0.15) is 0 Å². The SMILES string of the molecule is Cc1cc(CNC(C)c2sc(C)nc2C)n(C)n1. The van der Waals surface area contributed by atoms with Gasteiger partial charge in [0.15, 0.2) is 0 Å². The number of aromatic nitrogens is 3. The zero-order chi connectivity index (χ0) is 13.3. The van der Waals surface area contributed by atoms with Crippen LogP contribution in [-0.2, 0) is 13.6 Å². The molecule has 4 nitrogen and oxygen atoms in total. The zero-order valence-electron chi connectivity index (χ0n) is 11.6. The van der Waals surface area contributed by atoms with E-state index in [1.165, 1.54) is 10.6 Å². The van der Waals surface area contributed by atoms with Crippen LogP contribution in [0.1, 0.15) is 39.9 Å². The summed E-state index contributed by atoms with van der Waals surface area (Å²) in [6.07, 6.45) is 0. The Kier molecular flexibility index (Phi) is 3.82. The van der Waals surface area contributed by atoms with Crippen molar-refractivity contribution < 1.29 is 0 Å². The first-order chi connectivity index (χ1) is 8.47. The Labute approximate surface area is 112 Å². The lowest BCUT2D eigenvalue weighted by Crippen LogP contribution is -2.19. The van der Waals surface area contributed by atoms with Crippen molar-refractivity contribution >= 4 is 11.3 Å². The minimum atomic E-state index is 0.325. The fourth-order valence-corrected chi connectivity index (χ4v) is 3.08. The molecule has 2 aromatic rings. The molecule has 2 rings (SSSR count). The van der Waals surface area contributed by atoms with Gasteiger partial charge in [0.05, 0.1) is 22.1 Å². The van der Waals surface area contributed by atoms with E-state index in [1.807, 2.05) is 18.7 Å². The molecular formula is C13H20N4S. The fourth-order valence-electron chi connectivity index (χ4n) is 2.13. The normalized spacial score (nSPS) is 12.9. The highest BCUT2D eigenvalue weighted by Crippen LogP contribution is 2.24. The van der Waals surface area contributed by atoms with Crippen LogP contribution in [0.2, 0.25) is 0 Å². The lowest BCUT2D eigenvalue weighted by molar-refractivity contribution is 0.551. The largest absolute Gasteiger partial charge is 0.304 e. The van der Waals surface area contributed by atoms with Crippen LogP contribution < -0.4 is 5.32 Å². The van der Waals surface area contributed by atoms with Crippen LogP contribution in [0.25, 0.3) is 0 Å². The average molecular weight is 264 g/mol. The smallest absolute Gasteiger partial charge is 0.0900 e. The molecule has 0 bridgehead atoms. The molecule has 0 radical (unpaired) electrons. The van der Waals surface area contributed by atoms with Gasteiger partial charge in [-0.05, 0) is 33.8 Å². The molecule has 0 aliphatic carbocycles. The van der Waals surface area contributed by atoms with E-state index in [9.17, 15) is 0 Å². The Morgan fingerprint density at radius 2 is 2.11 bits per heavy atom. The van der Waals surface area contributed by atoms with Gasteiger partial charge in [-0.3, -0.25) is 4.68 Å². The summed E-state index contributed by atoms with van der Waals surface area (Å²) in [5.74, 6) is 0. The summed E-state index contributed by atoms with van der Waals surface area (Å²) in [5, 5.41) is 9.02. The van der Waals surface area contributed by atoms with E-state index in [-0.39, 0.29) is 0 Å². The van der Waals surface area contributed by atoms with Crippen molar-refractivity contribution in [2.24, 2.45) is 7.05 Å². The van der Waals surface area contributed by atoms with Crippen molar-refractivity contribution in [1.82, 2.24) is 20.1 Å². The standard InChI is InChI=1S/C13H20N4S/c1-8-6-12(17(5)16-8)7-14-9(2)13-10(3)15-11(4)18-13/h6,9,14H,7H2,1-5H3. The van der Waals surface area contributed by atoms with Crippen LogP contribution in [0.3, 0.4) is 0 Å². The summed E-state index contributed by atoms with van der Waals surface area (Å²) in [5.41, 5.74) is 3.41. The molecule has 1 N–H and O–H groups in total. The van der Waals surface area contributed by atoms with Gasteiger partial charge in [-0.15, -0.1) is 11.3 Å². The molecule has 0 saturated carbocycles. The molecular weight excluding hydrogens is 244 g/mol. The predicted molar refractivity (Wildman–Crippen MR) is 74.8 cm³/mol. The van der Waals surface area contributed by atoms with Crippen molar-refractivity contribution in [3.8, 4) is 0 Å². The molecule has 1 unspecified atom stereocenters. The minimum Gasteiger partial charge on any atom is -0.304 e. The van der Waals surface area contributed by atoms with Crippen molar-refractivity contribution in [3.63, 3.8) is 0 Å². The first-order valence-corrected chi connectivity index (χ1v) is 6.96. The van der Waals surface area contributed by atoms with Gasteiger partial charge in [0.2, 0.25) is 0 Å². The fraction of sp³-hybridized carbons (Fsp3) is 0.538. The summed E-state index contributed by atoms with van der Waals surface area (Å²) < 4.78 is 1.93. The van der Waals surface area contributed by atoms with Crippen LogP contribution in [0, 0.1) is 20.8 Å². The van der Waals surface area contributed by atoms with E-state index in [2.05, 4.69) is 42.2 Å². The van der Waals surface area contributed by atoms with Gasteiger partial charge >= 0.3 is 0 Å². The van der Waals surface area contributed by atoms with E-state index in [4.69, 9.17) is 0 Å². The summed E-state index contributed by atoms with van der Waals surface area (Å²) in [4.78, 5) is 5.80. The lowest BCUT2D eigenvalue weighted by atomic mass is 10.2. The van der Waals surface area contributed by atoms with Crippen molar-refractivity contribution in [3.05, 3.63) is 33.0 Å². The maximum atomic E-state index is 4.47. The molecule has 1 atom stereocenters. The lowest BCUT2D eigenvalue weighted by Gasteiger charge is -2.12. The summed E-state index contributed by atoms with van der Waals surface area (Å²) in [6.45, 7) is 9.16. The molecule has 2 heterocycles. The van der Waals surface area contributed by atoms with Gasteiger partial charge in [-0.25, -0.2) is 4.98 Å². The Bertz CT molecular complexity index is 541. The third-order valence-electron chi connectivity index (χ3n) is 3.02. The van der Waals surface area contributed by atoms with E-state index < -0.39 is 0 Å². The van der Waals surface area contributed by atoms with Gasteiger partial charge in [-0.2, -0.15) is 5.10 Å². The van der Waals surface area contributed by atoms with Gasteiger partial charge in [0.25, 0.3) is 0 Å². The first-order valence-electron chi connectivity index (χ1n) is 6.14. The third kappa shape index (κ3) is 2.79. The van der Waals surface area contributed by atoms with Crippen LogP contribution >= 0.6 is 11.3 Å². The monoisotopic (exact) mass is 264 g/mol. The Morgan fingerprint density at radius 3 is 2.61 bits per heavy atom. The van der Waals surface area contributed by atoms with E-state index >= 15 is 0 Å². The van der Waals surface area contributed by atoms with Crippen molar-refractivity contribution in [2.45, 2.75) is 40.3 Å². The van der Waals surface area contributed by atoms with Crippen LogP contribution in [0.5, 0.6) is 0 Å². The number of thiazole rings is 1. The highest BCUT2D eigenvalue weighted by atomic mass is 32.1. The van der Waals surface area contributed by atoms with Crippen molar-refractivity contribution in [2.75, 3.05) is 0 Å². The van der Waals surface area contributed by atoms with Gasteiger partial charge < -0.3 is 5.32 Å². The average Bonchev–Trinajstić information content (AvgIpc) is 2.78. The maximum Gasteiger partial charge on any atom is 0.0900 e. The van der Waals surface area contributed by atoms with Gasteiger partial charge in [-0.1, -0.05) is 0 Å². The quantitative estimate of drug-likeness (QED) is 0.923. The molecule has 0 aromatic carbocycles. The van der Waals surface area contributed by atoms with Crippen LogP contribution in [0.4, 0.5) is 0 Å². The molecule has 0 amide bonds. The molecule has 0 fully saturated rings. The molecule has 0 aliphatic heterocycles. The molecule has 18 heavy (non-hydrogen) atoms. The second-order valence-corrected chi connectivity index (χ2v) is 5.92. The molecule has 2 aromatic heterocycles.